The highest BCUT2D eigenvalue weighted by atomic mass is 32.1. The second-order valence-electron chi connectivity index (χ2n) is 2.75. The van der Waals surface area contributed by atoms with Crippen molar-refractivity contribution >= 4 is 17.2 Å². The van der Waals surface area contributed by atoms with Gasteiger partial charge in [0.05, 0.1) is 12.1 Å². The fourth-order valence-electron chi connectivity index (χ4n) is 1.08. The average Bonchev–Trinajstić information content (AvgIpc) is 2.71. The largest absolute Gasteiger partial charge is 0.383 e. The van der Waals surface area contributed by atoms with Crippen molar-refractivity contribution in [3.8, 4) is 0 Å². The molecule has 1 rings (SSSR count). The monoisotopic (exact) mass is 214 g/mol. The molecule has 0 atom stereocenters. The van der Waals surface area contributed by atoms with Crippen molar-refractivity contribution < 1.29 is 9.53 Å². The molecule has 5 heteroatoms. The molecule has 0 aromatic carbocycles. The van der Waals surface area contributed by atoms with Gasteiger partial charge in [0.1, 0.15) is 5.69 Å². The Morgan fingerprint density at radius 2 is 2.50 bits per heavy atom. The van der Waals surface area contributed by atoms with Gasteiger partial charge in [-0.2, -0.15) is 0 Å². The highest BCUT2D eigenvalue weighted by Gasteiger charge is 2.14. The third-order valence-electron chi connectivity index (χ3n) is 1.89. The molecular weight excluding hydrogens is 200 g/mol. The Hall–Kier alpha value is -0.940. The van der Waals surface area contributed by atoms with Gasteiger partial charge in [0.2, 0.25) is 0 Å². The molecule has 0 bridgehead atoms. The summed E-state index contributed by atoms with van der Waals surface area (Å²) in [5.41, 5.74) is 2.19. The van der Waals surface area contributed by atoms with Crippen LogP contribution in [0.4, 0.5) is 0 Å². The van der Waals surface area contributed by atoms with Crippen LogP contribution in [-0.4, -0.2) is 42.6 Å². The number of methoxy groups -OCH3 is 1. The number of amides is 1. The average molecular weight is 214 g/mol. The number of likely N-dealkylation sites (N-methyl/N-ethyl adjacent to an activating group) is 1. The van der Waals surface area contributed by atoms with Crippen LogP contribution in [0.1, 0.15) is 17.4 Å². The number of hydrogen-bond acceptors (Lipinski definition) is 4. The van der Waals surface area contributed by atoms with E-state index in [-0.39, 0.29) is 5.91 Å². The smallest absolute Gasteiger partial charge is 0.273 e. The van der Waals surface area contributed by atoms with Crippen molar-refractivity contribution in [3.63, 3.8) is 0 Å². The predicted molar refractivity (Wildman–Crippen MR) is 55.6 cm³/mol. The van der Waals surface area contributed by atoms with Crippen molar-refractivity contribution in [1.82, 2.24) is 9.88 Å². The number of aromatic nitrogens is 1. The lowest BCUT2D eigenvalue weighted by Crippen LogP contribution is -2.33. The zero-order valence-corrected chi connectivity index (χ0v) is 9.21. The second kappa shape index (κ2) is 5.72. The van der Waals surface area contributed by atoms with Crippen LogP contribution in [0.5, 0.6) is 0 Å². The summed E-state index contributed by atoms with van der Waals surface area (Å²) in [4.78, 5) is 17.5. The number of thiazole rings is 1. The molecule has 0 aliphatic rings. The summed E-state index contributed by atoms with van der Waals surface area (Å²) in [6.45, 7) is 3.80. The van der Waals surface area contributed by atoms with Crippen molar-refractivity contribution in [2.24, 2.45) is 0 Å². The lowest BCUT2D eigenvalue weighted by Gasteiger charge is -2.18. The summed E-state index contributed by atoms with van der Waals surface area (Å²) in [6, 6.07) is 0. The van der Waals surface area contributed by atoms with Crippen LogP contribution in [-0.2, 0) is 4.74 Å². The summed E-state index contributed by atoms with van der Waals surface area (Å²) in [5.74, 6) is -0.0224. The zero-order valence-electron chi connectivity index (χ0n) is 8.40. The van der Waals surface area contributed by atoms with Gasteiger partial charge in [0.15, 0.2) is 0 Å². The van der Waals surface area contributed by atoms with E-state index in [4.69, 9.17) is 4.74 Å². The third kappa shape index (κ3) is 2.78. The lowest BCUT2D eigenvalue weighted by atomic mass is 10.4. The molecule has 0 aliphatic heterocycles. The van der Waals surface area contributed by atoms with Crippen molar-refractivity contribution in [2.45, 2.75) is 6.92 Å². The van der Waals surface area contributed by atoms with Crippen molar-refractivity contribution in [2.75, 3.05) is 26.8 Å². The van der Waals surface area contributed by atoms with E-state index in [2.05, 4.69) is 4.98 Å². The Morgan fingerprint density at radius 3 is 3.00 bits per heavy atom. The van der Waals surface area contributed by atoms with Gasteiger partial charge in [-0.05, 0) is 6.92 Å². The number of carbonyl (C=O) groups is 1. The van der Waals surface area contributed by atoms with Crippen LogP contribution >= 0.6 is 11.3 Å². The molecule has 0 radical (unpaired) electrons. The van der Waals surface area contributed by atoms with E-state index in [0.717, 1.165) is 0 Å². The second-order valence-corrected chi connectivity index (χ2v) is 3.47. The molecule has 0 fully saturated rings. The van der Waals surface area contributed by atoms with E-state index in [9.17, 15) is 4.79 Å². The number of hydrogen-bond donors (Lipinski definition) is 0. The minimum absolute atomic E-state index is 0.0224. The van der Waals surface area contributed by atoms with Crippen LogP contribution in [0.2, 0.25) is 0 Å². The van der Waals surface area contributed by atoms with Gasteiger partial charge < -0.3 is 9.64 Å². The third-order valence-corrected chi connectivity index (χ3v) is 2.47. The maximum atomic E-state index is 11.8. The van der Waals surface area contributed by atoms with Crippen LogP contribution in [0.25, 0.3) is 0 Å². The van der Waals surface area contributed by atoms with E-state index >= 15 is 0 Å². The van der Waals surface area contributed by atoms with Gasteiger partial charge in [0.25, 0.3) is 5.91 Å². The molecule has 0 unspecified atom stereocenters. The molecule has 0 aliphatic carbocycles. The Balaban J connectivity index is 2.56. The lowest BCUT2D eigenvalue weighted by molar-refractivity contribution is 0.0701. The van der Waals surface area contributed by atoms with E-state index in [1.807, 2.05) is 6.92 Å². The van der Waals surface area contributed by atoms with Gasteiger partial charge in [-0.1, -0.05) is 0 Å². The molecule has 1 aromatic rings. The minimum Gasteiger partial charge on any atom is -0.383 e. The SMILES string of the molecule is CCN(CCOC)C(=O)c1cscn1. The molecule has 1 aromatic heterocycles. The van der Waals surface area contributed by atoms with Gasteiger partial charge >= 0.3 is 0 Å². The fourth-order valence-corrected chi connectivity index (χ4v) is 1.61. The Labute approximate surface area is 87.5 Å². The Bertz CT molecular complexity index is 274. The van der Waals surface area contributed by atoms with E-state index in [1.165, 1.54) is 11.3 Å². The first-order valence-corrected chi connectivity index (χ1v) is 5.40. The first-order valence-electron chi connectivity index (χ1n) is 4.46. The summed E-state index contributed by atoms with van der Waals surface area (Å²) in [7, 11) is 1.63. The van der Waals surface area contributed by atoms with Crippen LogP contribution in [0, 0.1) is 0 Å². The minimum atomic E-state index is -0.0224. The summed E-state index contributed by atoms with van der Waals surface area (Å²) in [5, 5.41) is 1.76. The molecule has 78 valence electrons. The molecule has 4 nitrogen and oxygen atoms in total. The molecular formula is C9H14N2O2S. The van der Waals surface area contributed by atoms with E-state index in [1.54, 1.807) is 22.9 Å². The number of ether oxygens (including phenoxy) is 1. The zero-order chi connectivity index (χ0) is 10.4. The standard InChI is InChI=1S/C9H14N2O2S/c1-3-11(4-5-13-2)9(12)8-6-14-7-10-8/h6-7H,3-5H2,1-2H3. The molecule has 1 heterocycles. The molecule has 14 heavy (non-hydrogen) atoms. The number of nitrogens with zero attached hydrogens (tertiary/aromatic N) is 2. The molecule has 0 saturated heterocycles. The first-order chi connectivity index (χ1) is 6.79. The topological polar surface area (TPSA) is 42.4 Å². The highest BCUT2D eigenvalue weighted by Crippen LogP contribution is 2.05. The van der Waals surface area contributed by atoms with Gasteiger partial charge in [0, 0.05) is 25.6 Å². The Kier molecular flexibility index (Phi) is 4.55. The number of rotatable bonds is 5. The van der Waals surface area contributed by atoms with Crippen LogP contribution < -0.4 is 0 Å². The summed E-state index contributed by atoms with van der Waals surface area (Å²) in [6.07, 6.45) is 0. The molecule has 1 amide bonds. The van der Waals surface area contributed by atoms with Crippen molar-refractivity contribution in [3.05, 3.63) is 16.6 Å². The normalized spacial score (nSPS) is 10.1. The maximum absolute atomic E-state index is 11.8. The van der Waals surface area contributed by atoms with Crippen LogP contribution in [0.15, 0.2) is 10.9 Å². The van der Waals surface area contributed by atoms with E-state index in [0.29, 0.717) is 25.4 Å². The highest BCUT2D eigenvalue weighted by molar-refractivity contribution is 7.07. The molecule has 0 spiro atoms. The summed E-state index contributed by atoms with van der Waals surface area (Å²) >= 11 is 1.43. The van der Waals surface area contributed by atoms with E-state index < -0.39 is 0 Å². The maximum Gasteiger partial charge on any atom is 0.273 e. The quantitative estimate of drug-likeness (QED) is 0.741. The van der Waals surface area contributed by atoms with Gasteiger partial charge in [-0.3, -0.25) is 4.79 Å². The van der Waals surface area contributed by atoms with Crippen molar-refractivity contribution in [1.29, 1.82) is 0 Å². The first kappa shape index (κ1) is 11.1. The summed E-state index contributed by atoms with van der Waals surface area (Å²) < 4.78 is 4.93. The molecule has 0 N–H and O–H groups in total. The van der Waals surface area contributed by atoms with Crippen LogP contribution in [0.3, 0.4) is 0 Å². The molecule has 0 saturated carbocycles. The number of carbonyl (C=O) groups excluding carboxylic acids is 1. The predicted octanol–water partition coefficient (Wildman–Crippen LogP) is 1.25. The van der Waals surface area contributed by atoms with Gasteiger partial charge in [-0.15, -0.1) is 11.3 Å². The Morgan fingerprint density at radius 1 is 1.71 bits per heavy atom. The fraction of sp³-hybridized carbons (Fsp3) is 0.556. The van der Waals surface area contributed by atoms with Gasteiger partial charge in [-0.25, -0.2) is 4.98 Å².